The molecular weight excluding hydrogens is 258 g/mol. The summed E-state index contributed by atoms with van der Waals surface area (Å²) in [6.45, 7) is 4.09. The van der Waals surface area contributed by atoms with Crippen molar-refractivity contribution >= 4 is 38.7 Å². The quantitative estimate of drug-likeness (QED) is 0.737. The third kappa shape index (κ3) is 1.50. The Hall–Kier alpha value is -1.33. The van der Waals surface area contributed by atoms with Crippen molar-refractivity contribution in [2.45, 2.75) is 19.8 Å². The Bertz CT molecular complexity index is 768. The van der Waals surface area contributed by atoms with Gasteiger partial charge in [0.05, 0.1) is 4.34 Å². The standard InChI is InChI=1S/C11H10ClN3OS/c1-5(2)9-13-14-10(16)7-3-6-4-8(12)17-11(6)15(7)9/h3-5H,1-2H3,(H,14,16). The molecule has 17 heavy (non-hydrogen) atoms. The highest BCUT2D eigenvalue weighted by Crippen LogP contribution is 2.32. The fourth-order valence-electron chi connectivity index (χ4n) is 1.96. The number of halogens is 1. The van der Waals surface area contributed by atoms with E-state index in [-0.39, 0.29) is 11.5 Å². The lowest BCUT2D eigenvalue weighted by molar-refractivity contribution is 0.720. The van der Waals surface area contributed by atoms with Crippen LogP contribution in [0.5, 0.6) is 0 Å². The third-order valence-corrected chi connectivity index (χ3v) is 3.96. The van der Waals surface area contributed by atoms with Crippen LogP contribution in [0, 0.1) is 0 Å². The lowest BCUT2D eigenvalue weighted by Gasteiger charge is -2.07. The fraction of sp³-hybridized carbons (Fsp3) is 0.273. The van der Waals surface area contributed by atoms with Crippen LogP contribution >= 0.6 is 22.9 Å². The average Bonchev–Trinajstić information content (AvgIpc) is 2.75. The van der Waals surface area contributed by atoms with Gasteiger partial charge >= 0.3 is 0 Å². The highest BCUT2D eigenvalue weighted by atomic mass is 35.5. The summed E-state index contributed by atoms with van der Waals surface area (Å²) in [4.78, 5) is 12.7. The maximum atomic E-state index is 11.7. The normalized spacial score (nSPS) is 12.0. The number of hydrogen-bond acceptors (Lipinski definition) is 3. The van der Waals surface area contributed by atoms with E-state index in [4.69, 9.17) is 11.6 Å². The predicted molar refractivity (Wildman–Crippen MR) is 70.3 cm³/mol. The maximum absolute atomic E-state index is 11.7. The fourth-order valence-corrected chi connectivity index (χ4v) is 3.19. The molecule has 0 amide bonds. The summed E-state index contributed by atoms with van der Waals surface area (Å²) in [7, 11) is 0. The van der Waals surface area contributed by atoms with Crippen molar-refractivity contribution < 1.29 is 0 Å². The molecule has 0 aliphatic rings. The molecule has 4 nitrogen and oxygen atoms in total. The number of rotatable bonds is 1. The number of H-pyrrole nitrogens is 1. The molecule has 3 aromatic heterocycles. The summed E-state index contributed by atoms with van der Waals surface area (Å²) >= 11 is 7.46. The van der Waals surface area contributed by atoms with E-state index in [1.54, 1.807) is 0 Å². The van der Waals surface area contributed by atoms with E-state index in [2.05, 4.69) is 10.2 Å². The molecule has 0 saturated heterocycles. The topological polar surface area (TPSA) is 50.2 Å². The van der Waals surface area contributed by atoms with Gasteiger partial charge in [-0.3, -0.25) is 9.20 Å². The molecule has 0 spiro atoms. The molecule has 6 heteroatoms. The summed E-state index contributed by atoms with van der Waals surface area (Å²) in [6, 6.07) is 3.72. The van der Waals surface area contributed by atoms with Gasteiger partial charge in [-0.25, -0.2) is 5.10 Å². The zero-order chi connectivity index (χ0) is 12.2. The molecule has 0 aliphatic carbocycles. The minimum Gasteiger partial charge on any atom is -0.282 e. The van der Waals surface area contributed by atoms with E-state index in [9.17, 15) is 4.79 Å². The molecule has 0 aromatic carbocycles. The molecule has 0 aliphatic heterocycles. The monoisotopic (exact) mass is 267 g/mol. The van der Waals surface area contributed by atoms with Crippen molar-refractivity contribution in [1.82, 2.24) is 14.6 Å². The Morgan fingerprint density at radius 2 is 2.24 bits per heavy atom. The molecular formula is C11H10ClN3OS. The molecule has 3 heterocycles. The van der Waals surface area contributed by atoms with Gasteiger partial charge in [0.15, 0.2) is 0 Å². The van der Waals surface area contributed by atoms with Crippen molar-refractivity contribution in [2.24, 2.45) is 0 Å². The van der Waals surface area contributed by atoms with Gasteiger partial charge in [0.1, 0.15) is 16.2 Å². The van der Waals surface area contributed by atoms with Gasteiger partial charge < -0.3 is 0 Å². The van der Waals surface area contributed by atoms with Crippen LogP contribution in [-0.2, 0) is 0 Å². The molecule has 0 unspecified atom stereocenters. The van der Waals surface area contributed by atoms with Crippen molar-refractivity contribution in [3.8, 4) is 0 Å². The van der Waals surface area contributed by atoms with E-state index < -0.39 is 0 Å². The predicted octanol–water partition coefficient (Wildman–Crippen LogP) is 3.01. The van der Waals surface area contributed by atoms with E-state index in [1.165, 1.54) is 11.3 Å². The summed E-state index contributed by atoms with van der Waals surface area (Å²) in [6.07, 6.45) is 0. The van der Waals surface area contributed by atoms with Crippen molar-refractivity contribution in [2.75, 3.05) is 0 Å². The van der Waals surface area contributed by atoms with Crippen LogP contribution in [0.2, 0.25) is 4.34 Å². The first-order valence-corrected chi connectivity index (χ1v) is 6.46. The van der Waals surface area contributed by atoms with Crippen LogP contribution in [0.15, 0.2) is 16.9 Å². The summed E-state index contributed by atoms with van der Waals surface area (Å²) < 4.78 is 2.62. The smallest absolute Gasteiger partial charge is 0.282 e. The molecule has 3 rings (SSSR count). The van der Waals surface area contributed by atoms with Crippen molar-refractivity contribution in [1.29, 1.82) is 0 Å². The first-order chi connectivity index (χ1) is 8.08. The lowest BCUT2D eigenvalue weighted by Crippen LogP contribution is -2.16. The largest absolute Gasteiger partial charge is 0.288 e. The van der Waals surface area contributed by atoms with Gasteiger partial charge in [0.25, 0.3) is 5.56 Å². The summed E-state index contributed by atoms with van der Waals surface area (Å²) in [5.74, 6) is 1.07. The van der Waals surface area contributed by atoms with Crippen LogP contribution in [0.4, 0.5) is 0 Å². The van der Waals surface area contributed by atoms with Crippen LogP contribution in [-0.4, -0.2) is 14.6 Å². The molecule has 0 fully saturated rings. The van der Waals surface area contributed by atoms with Crippen LogP contribution in [0.3, 0.4) is 0 Å². The lowest BCUT2D eigenvalue weighted by atomic mass is 10.2. The Labute approximate surface area is 106 Å². The Kier molecular flexibility index (Phi) is 2.27. The molecule has 0 saturated carbocycles. The minimum absolute atomic E-state index is 0.172. The Morgan fingerprint density at radius 1 is 1.47 bits per heavy atom. The number of aromatic amines is 1. The number of thiophene rings is 1. The zero-order valence-electron chi connectivity index (χ0n) is 9.32. The van der Waals surface area contributed by atoms with Crippen LogP contribution < -0.4 is 5.56 Å². The number of nitrogens with zero attached hydrogens (tertiary/aromatic N) is 2. The SMILES string of the molecule is CC(C)c1n[nH]c(=O)c2cc3cc(Cl)sc3n12. The highest BCUT2D eigenvalue weighted by molar-refractivity contribution is 7.22. The molecule has 88 valence electrons. The molecule has 0 radical (unpaired) electrons. The number of fused-ring (bicyclic) bond motifs is 3. The van der Waals surface area contributed by atoms with E-state index in [1.807, 2.05) is 30.4 Å². The number of hydrogen-bond donors (Lipinski definition) is 1. The first kappa shape index (κ1) is 10.8. The summed E-state index contributed by atoms with van der Waals surface area (Å²) in [5.41, 5.74) is 0.454. The number of nitrogens with one attached hydrogen (secondary N) is 1. The highest BCUT2D eigenvalue weighted by Gasteiger charge is 2.15. The van der Waals surface area contributed by atoms with Gasteiger partial charge in [0.2, 0.25) is 0 Å². The van der Waals surface area contributed by atoms with Gasteiger partial charge in [-0.05, 0) is 12.1 Å². The number of aromatic nitrogens is 3. The molecule has 3 aromatic rings. The van der Waals surface area contributed by atoms with E-state index in [0.29, 0.717) is 5.52 Å². The molecule has 0 atom stereocenters. The third-order valence-electron chi connectivity index (χ3n) is 2.70. The molecule has 1 N–H and O–H groups in total. The Morgan fingerprint density at radius 3 is 2.94 bits per heavy atom. The van der Waals surface area contributed by atoms with Gasteiger partial charge in [-0.15, -0.1) is 11.3 Å². The maximum Gasteiger partial charge on any atom is 0.288 e. The minimum atomic E-state index is -0.172. The van der Waals surface area contributed by atoms with Crippen LogP contribution in [0.25, 0.3) is 15.7 Å². The second-order valence-corrected chi connectivity index (χ2v) is 5.90. The van der Waals surface area contributed by atoms with Gasteiger partial charge in [0, 0.05) is 11.3 Å². The van der Waals surface area contributed by atoms with Crippen LogP contribution in [0.1, 0.15) is 25.6 Å². The zero-order valence-corrected chi connectivity index (χ0v) is 10.9. The van der Waals surface area contributed by atoms with E-state index in [0.717, 1.165) is 20.4 Å². The van der Waals surface area contributed by atoms with E-state index >= 15 is 0 Å². The first-order valence-electron chi connectivity index (χ1n) is 5.27. The summed E-state index contributed by atoms with van der Waals surface area (Å²) in [5, 5.41) is 7.65. The second kappa shape index (κ2) is 3.58. The van der Waals surface area contributed by atoms with Gasteiger partial charge in [-0.1, -0.05) is 25.4 Å². The van der Waals surface area contributed by atoms with Crippen molar-refractivity contribution in [3.63, 3.8) is 0 Å². The second-order valence-electron chi connectivity index (χ2n) is 4.24. The van der Waals surface area contributed by atoms with Gasteiger partial charge in [-0.2, -0.15) is 5.10 Å². The van der Waals surface area contributed by atoms with Crippen molar-refractivity contribution in [3.05, 3.63) is 32.6 Å². The average molecular weight is 268 g/mol. The Balaban J connectivity index is 2.58. The molecule has 0 bridgehead atoms.